The molecule has 1 atom stereocenters. The van der Waals surface area contributed by atoms with Gasteiger partial charge >= 0.3 is 0 Å². The molecular weight excluding hydrogens is 340 g/mol. The molecule has 1 aromatic heterocycles. The highest BCUT2D eigenvalue weighted by atomic mass is 16.2. The molecule has 1 saturated heterocycles. The molecule has 3 aromatic rings. The Morgan fingerprint density at radius 1 is 1.19 bits per heavy atom. The Balaban J connectivity index is 1.43. The maximum absolute atomic E-state index is 12.6. The molecule has 27 heavy (non-hydrogen) atoms. The van der Waals surface area contributed by atoms with Crippen molar-refractivity contribution < 1.29 is 9.59 Å². The zero-order valence-electron chi connectivity index (χ0n) is 15.5. The zero-order chi connectivity index (χ0) is 19.0. The number of hydrogen-bond acceptors (Lipinski definition) is 3. The Morgan fingerprint density at radius 2 is 1.93 bits per heavy atom. The van der Waals surface area contributed by atoms with E-state index in [1.54, 1.807) is 4.90 Å². The van der Waals surface area contributed by atoms with E-state index in [1.807, 2.05) is 67.2 Å². The molecule has 138 valence electrons. The standard InChI is InChI=1S/C21H22N4O2/c1-14-7-9-16(10-8-14)25-13-15(11-20(25)26)21(27)22-12-18-17-5-3-4-6-19(17)24(2)23-18/h3-10,15H,11-13H2,1-2H3,(H,22,27). The molecule has 6 heteroatoms. The summed E-state index contributed by atoms with van der Waals surface area (Å²) in [6.07, 6.45) is 0.239. The molecule has 0 bridgehead atoms. The molecule has 0 radical (unpaired) electrons. The third-order valence-corrected chi connectivity index (χ3v) is 5.11. The molecule has 1 fully saturated rings. The normalized spacial score (nSPS) is 16.9. The lowest BCUT2D eigenvalue weighted by molar-refractivity contribution is -0.126. The van der Waals surface area contributed by atoms with Crippen LogP contribution < -0.4 is 10.2 Å². The SMILES string of the molecule is Cc1ccc(N2CC(C(=O)NCc3nn(C)c4ccccc34)CC2=O)cc1. The monoisotopic (exact) mass is 362 g/mol. The van der Waals surface area contributed by atoms with Crippen LogP contribution in [-0.4, -0.2) is 28.1 Å². The number of nitrogens with zero attached hydrogens (tertiary/aromatic N) is 3. The molecular formula is C21H22N4O2. The summed E-state index contributed by atoms with van der Waals surface area (Å²) < 4.78 is 1.81. The number of para-hydroxylation sites is 1. The number of benzene rings is 2. The average Bonchev–Trinajstić information content (AvgIpc) is 3.21. The number of aromatic nitrogens is 2. The van der Waals surface area contributed by atoms with E-state index in [-0.39, 0.29) is 24.2 Å². The second-order valence-corrected chi connectivity index (χ2v) is 7.05. The average molecular weight is 362 g/mol. The number of nitrogens with one attached hydrogen (secondary N) is 1. The van der Waals surface area contributed by atoms with Crippen LogP contribution in [0.4, 0.5) is 5.69 Å². The molecule has 2 aromatic carbocycles. The zero-order valence-corrected chi connectivity index (χ0v) is 15.5. The first kappa shape index (κ1) is 17.3. The van der Waals surface area contributed by atoms with Gasteiger partial charge in [0.05, 0.1) is 23.7 Å². The minimum Gasteiger partial charge on any atom is -0.350 e. The molecule has 1 aliphatic heterocycles. The summed E-state index contributed by atoms with van der Waals surface area (Å²) in [5.41, 5.74) is 3.85. The van der Waals surface area contributed by atoms with Gasteiger partial charge in [0, 0.05) is 31.1 Å². The lowest BCUT2D eigenvalue weighted by Gasteiger charge is -2.16. The van der Waals surface area contributed by atoms with E-state index < -0.39 is 0 Å². The number of fused-ring (bicyclic) bond motifs is 1. The highest BCUT2D eigenvalue weighted by Crippen LogP contribution is 2.25. The number of carbonyl (C=O) groups excluding carboxylic acids is 2. The van der Waals surface area contributed by atoms with Crippen LogP contribution in [0.15, 0.2) is 48.5 Å². The van der Waals surface area contributed by atoms with Crippen LogP contribution in [0.2, 0.25) is 0 Å². The fourth-order valence-corrected chi connectivity index (χ4v) is 3.59. The summed E-state index contributed by atoms with van der Waals surface area (Å²) in [6.45, 7) is 2.78. The highest BCUT2D eigenvalue weighted by Gasteiger charge is 2.35. The van der Waals surface area contributed by atoms with Gasteiger partial charge in [-0.3, -0.25) is 14.3 Å². The van der Waals surface area contributed by atoms with Gasteiger partial charge < -0.3 is 10.2 Å². The second-order valence-electron chi connectivity index (χ2n) is 7.05. The highest BCUT2D eigenvalue weighted by molar-refractivity contribution is 6.00. The van der Waals surface area contributed by atoms with Crippen LogP contribution in [0.25, 0.3) is 10.9 Å². The third kappa shape index (κ3) is 3.30. The number of anilines is 1. The number of aryl methyl sites for hydroxylation is 2. The first-order chi connectivity index (χ1) is 13.0. The summed E-state index contributed by atoms with van der Waals surface area (Å²) in [6, 6.07) is 15.7. The van der Waals surface area contributed by atoms with E-state index in [0.29, 0.717) is 13.1 Å². The van der Waals surface area contributed by atoms with E-state index >= 15 is 0 Å². The van der Waals surface area contributed by atoms with Crippen LogP contribution in [0.1, 0.15) is 17.7 Å². The molecule has 0 aliphatic carbocycles. The lowest BCUT2D eigenvalue weighted by atomic mass is 10.1. The number of carbonyl (C=O) groups is 2. The van der Waals surface area contributed by atoms with Crippen LogP contribution in [0, 0.1) is 12.8 Å². The van der Waals surface area contributed by atoms with Crippen molar-refractivity contribution in [1.82, 2.24) is 15.1 Å². The van der Waals surface area contributed by atoms with Crippen LogP contribution in [0.5, 0.6) is 0 Å². The van der Waals surface area contributed by atoms with E-state index in [1.165, 1.54) is 0 Å². The molecule has 6 nitrogen and oxygen atoms in total. The predicted octanol–water partition coefficient (Wildman–Crippen LogP) is 2.55. The van der Waals surface area contributed by atoms with Crippen molar-refractivity contribution in [1.29, 1.82) is 0 Å². The van der Waals surface area contributed by atoms with Gasteiger partial charge in [0.15, 0.2) is 0 Å². The molecule has 1 unspecified atom stereocenters. The molecule has 0 spiro atoms. The Morgan fingerprint density at radius 3 is 2.70 bits per heavy atom. The molecule has 0 saturated carbocycles. The van der Waals surface area contributed by atoms with Crippen molar-refractivity contribution >= 4 is 28.4 Å². The lowest BCUT2D eigenvalue weighted by Crippen LogP contribution is -2.32. The summed E-state index contributed by atoms with van der Waals surface area (Å²) in [4.78, 5) is 26.7. The minimum atomic E-state index is -0.339. The van der Waals surface area contributed by atoms with Crippen molar-refractivity contribution in [3.63, 3.8) is 0 Å². The van der Waals surface area contributed by atoms with Gasteiger partial charge in [0.25, 0.3) is 0 Å². The third-order valence-electron chi connectivity index (χ3n) is 5.11. The van der Waals surface area contributed by atoms with E-state index in [2.05, 4.69) is 10.4 Å². The van der Waals surface area contributed by atoms with Gasteiger partial charge in [-0.05, 0) is 25.1 Å². The van der Waals surface area contributed by atoms with Crippen molar-refractivity contribution in [2.75, 3.05) is 11.4 Å². The molecule has 4 rings (SSSR count). The van der Waals surface area contributed by atoms with Gasteiger partial charge in [0.2, 0.25) is 11.8 Å². The fourth-order valence-electron chi connectivity index (χ4n) is 3.59. The summed E-state index contributed by atoms with van der Waals surface area (Å²) in [5, 5.41) is 8.48. The van der Waals surface area contributed by atoms with Crippen molar-refractivity contribution in [3.8, 4) is 0 Å². The Kier molecular flexibility index (Phi) is 4.39. The Labute approximate surface area is 157 Å². The van der Waals surface area contributed by atoms with E-state index in [0.717, 1.165) is 27.8 Å². The van der Waals surface area contributed by atoms with E-state index in [4.69, 9.17) is 0 Å². The Bertz CT molecular complexity index is 1010. The number of amides is 2. The van der Waals surface area contributed by atoms with Gasteiger partial charge in [-0.25, -0.2) is 0 Å². The summed E-state index contributed by atoms with van der Waals surface area (Å²) in [7, 11) is 1.89. The van der Waals surface area contributed by atoms with Gasteiger partial charge in [-0.15, -0.1) is 0 Å². The number of rotatable bonds is 4. The van der Waals surface area contributed by atoms with Gasteiger partial charge in [-0.2, -0.15) is 5.10 Å². The van der Waals surface area contributed by atoms with Gasteiger partial charge in [-0.1, -0.05) is 35.9 Å². The number of hydrogen-bond donors (Lipinski definition) is 1. The topological polar surface area (TPSA) is 67.2 Å². The molecule has 2 amide bonds. The summed E-state index contributed by atoms with van der Waals surface area (Å²) in [5.74, 6) is -0.455. The Hall–Kier alpha value is -3.15. The van der Waals surface area contributed by atoms with E-state index in [9.17, 15) is 9.59 Å². The minimum absolute atomic E-state index is 0.0118. The first-order valence-corrected chi connectivity index (χ1v) is 9.08. The second kappa shape index (κ2) is 6.87. The molecule has 2 heterocycles. The quantitative estimate of drug-likeness (QED) is 0.776. The molecule has 1 aliphatic rings. The van der Waals surface area contributed by atoms with Crippen molar-refractivity contribution in [2.45, 2.75) is 19.9 Å². The van der Waals surface area contributed by atoms with Crippen LogP contribution >= 0.6 is 0 Å². The smallest absolute Gasteiger partial charge is 0.227 e. The fraction of sp³-hybridized carbons (Fsp3) is 0.286. The summed E-state index contributed by atoms with van der Waals surface area (Å²) >= 11 is 0. The van der Waals surface area contributed by atoms with Gasteiger partial charge in [0.1, 0.15) is 0 Å². The maximum atomic E-state index is 12.6. The largest absolute Gasteiger partial charge is 0.350 e. The van der Waals surface area contributed by atoms with Crippen molar-refractivity contribution in [3.05, 3.63) is 59.8 Å². The van der Waals surface area contributed by atoms with Crippen LogP contribution in [0.3, 0.4) is 0 Å². The maximum Gasteiger partial charge on any atom is 0.227 e. The predicted molar refractivity (Wildman–Crippen MR) is 104 cm³/mol. The first-order valence-electron chi connectivity index (χ1n) is 9.08. The molecule has 1 N–H and O–H groups in total. The van der Waals surface area contributed by atoms with Crippen molar-refractivity contribution in [2.24, 2.45) is 13.0 Å². The van der Waals surface area contributed by atoms with Crippen LogP contribution in [-0.2, 0) is 23.2 Å².